The maximum atomic E-state index is 12.3. The van der Waals surface area contributed by atoms with Gasteiger partial charge in [0.25, 0.3) is 5.76 Å². The van der Waals surface area contributed by atoms with Gasteiger partial charge in [-0.3, -0.25) is 0 Å². The monoisotopic (exact) mass is 277 g/mol. The summed E-state index contributed by atoms with van der Waals surface area (Å²) in [6.45, 7) is 0.964. The van der Waals surface area contributed by atoms with E-state index in [2.05, 4.69) is 17.4 Å². The molecule has 0 aliphatic carbocycles. The highest BCUT2D eigenvalue weighted by Gasteiger charge is 2.14. The second kappa shape index (κ2) is 5.21. The summed E-state index contributed by atoms with van der Waals surface area (Å²) < 4.78 is 24.6. The smallest absolute Gasteiger partial charge is 0.288 e. The predicted octanol–water partition coefficient (Wildman–Crippen LogP) is 4.64. The van der Waals surface area contributed by atoms with Gasteiger partial charge in [0.1, 0.15) is 0 Å². The molecule has 1 aliphatic heterocycles. The van der Waals surface area contributed by atoms with Gasteiger partial charge in [-0.15, -0.1) is 0 Å². The van der Waals surface area contributed by atoms with Crippen LogP contribution in [0.3, 0.4) is 0 Å². The van der Waals surface area contributed by atoms with E-state index in [1.807, 2.05) is 18.2 Å². The van der Waals surface area contributed by atoms with Crippen molar-refractivity contribution in [1.82, 2.24) is 0 Å². The standard InChI is InChI=1S/C15H13F2NS/c16-15(17)19-11-6-4-10(5-7-11)12-2-1-3-14-13(12)8-9-18-14/h1-7,15,18H,8-9H2. The van der Waals surface area contributed by atoms with Crippen LogP contribution >= 0.6 is 11.8 Å². The van der Waals surface area contributed by atoms with Crippen LogP contribution in [0, 0.1) is 0 Å². The van der Waals surface area contributed by atoms with E-state index >= 15 is 0 Å². The first-order valence-electron chi connectivity index (χ1n) is 6.15. The van der Waals surface area contributed by atoms with E-state index in [0.717, 1.165) is 18.5 Å². The molecule has 19 heavy (non-hydrogen) atoms. The molecule has 0 fully saturated rings. The van der Waals surface area contributed by atoms with Crippen LogP contribution in [0.5, 0.6) is 0 Å². The number of hydrogen-bond donors (Lipinski definition) is 1. The summed E-state index contributed by atoms with van der Waals surface area (Å²) in [7, 11) is 0. The van der Waals surface area contributed by atoms with Crippen LogP contribution in [0.15, 0.2) is 47.4 Å². The van der Waals surface area contributed by atoms with E-state index in [4.69, 9.17) is 0 Å². The minimum atomic E-state index is -2.36. The molecule has 2 aromatic carbocycles. The number of fused-ring (bicyclic) bond motifs is 1. The van der Waals surface area contributed by atoms with Crippen LogP contribution in [0.2, 0.25) is 0 Å². The van der Waals surface area contributed by atoms with Gasteiger partial charge in [0, 0.05) is 17.1 Å². The molecule has 0 radical (unpaired) electrons. The minimum Gasteiger partial charge on any atom is -0.384 e. The van der Waals surface area contributed by atoms with Crippen molar-refractivity contribution < 1.29 is 8.78 Å². The molecule has 2 aromatic rings. The molecule has 0 atom stereocenters. The molecule has 0 spiro atoms. The summed E-state index contributed by atoms with van der Waals surface area (Å²) in [6, 6.07) is 13.5. The largest absolute Gasteiger partial charge is 0.384 e. The van der Waals surface area contributed by atoms with Crippen LogP contribution in [0.4, 0.5) is 14.5 Å². The van der Waals surface area contributed by atoms with Crippen molar-refractivity contribution in [1.29, 1.82) is 0 Å². The molecule has 0 amide bonds. The fourth-order valence-electron chi connectivity index (χ4n) is 2.43. The van der Waals surface area contributed by atoms with Crippen LogP contribution < -0.4 is 5.32 Å². The Hall–Kier alpha value is -1.55. The lowest BCUT2D eigenvalue weighted by Gasteiger charge is -2.09. The summed E-state index contributed by atoms with van der Waals surface area (Å²) >= 11 is 0.582. The zero-order valence-corrected chi connectivity index (χ0v) is 11.0. The number of rotatable bonds is 3. The van der Waals surface area contributed by atoms with E-state index < -0.39 is 5.76 Å². The molecule has 1 aliphatic rings. The number of nitrogens with one attached hydrogen (secondary N) is 1. The van der Waals surface area contributed by atoms with Gasteiger partial charge in [-0.25, -0.2) is 0 Å². The quantitative estimate of drug-likeness (QED) is 0.820. The van der Waals surface area contributed by atoms with Crippen LogP contribution in [0.1, 0.15) is 5.56 Å². The van der Waals surface area contributed by atoms with Crippen molar-refractivity contribution in [2.24, 2.45) is 0 Å². The average molecular weight is 277 g/mol. The van der Waals surface area contributed by atoms with Gasteiger partial charge in [0.15, 0.2) is 0 Å². The number of hydrogen-bond acceptors (Lipinski definition) is 2. The van der Waals surface area contributed by atoms with Crippen molar-refractivity contribution in [3.05, 3.63) is 48.0 Å². The number of halogens is 2. The molecule has 0 unspecified atom stereocenters. The first-order chi connectivity index (χ1) is 9.24. The van der Waals surface area contributed by atoms with Crippen molar-refractivity contribution in [3.63, 3.8) is 0 Å². The number of thioether (sulfide) groups is 1. The Bertz CT molecular complexity index is 581. The topological polar surface area (TPSA) is 12.0 Å². The van der Waals surface area contributed by atoms with Gasteiger partial charge in [0.2, 0.25) is 0 Å². The van der Waals surface area contributed by atoms with Gasteiger partial charge in [-0.2, -0.15) is 8.78 Å². The minimum absolute atomic E-state index is 0.582. The third-order valence-corrected chi connectivity index (χ3v) is 3.98. The van der Waals surface area contributed by atoms with Gasteiger partial charge < -0.3 is 5.32 Å². The van der Waals surface area contributed by atoms with Gasteiger partial charge in [-0.05, 0) is 41.3 Å². The Kier molecular flexibility index (Phi) is 3.42. The Balaban J connectivity index is 1.93. The second-order valence-corrected chi connectivity index (χ2v) is 5.47. The van der Waals surface area contributed by atoms with Crippen LogP contribution in [0.25, 0.3) is 11.1 Å². The Morgan fingerprint density at radius 2 is 1.84 bits per heavy atom. The zero-order chi connectivity index (χ0) is 13.2. The highest BCUT2D eigenvalue weighted by molar-refractivity contribution is 7.99. The highest BCUT2D eigenvalue weighted by Crippen LogP contribution is 2.34. The molecule has 1 heterocycles. The summed E-state index contributed by atoms with van der Waals surface area (Å²) in [5, 5.41) is 3.34. The normalized spacial score (nSPS) is 13.4. The van der Waals surface area contributed by atoms with Crippen LogP contribution in [-0.4, -0.2) is 12.3 Å². The van der Waals surface area contributed by atoms with Crippen molar-refractivity contribution in [3.8, 4) is 11.1 Å². The Morgan fingerprint density at radius 1 is 1.05 bits per heavy atom. The first-order valence-corrected chi connectivity index (χ1v) is 7.03. The number of anilines is 1. The molecular formula is C15H13F2NS. The van der Waals surface area contributed by atoms with Crippen molar-refractivity contribution in [2.75, 3.05) is 11.9 Å². The first kappa shape index (κ1) is 12.5. The second-order valence-electron chi connectivity index (χ2n) is 4.41. The molecule has 4 heteroatoms. The molecule has 0 bridgehead atoms. The number of alkyl halides is 2. The lowest BCUT2D eigenvalue weighted by atomic mass is 9.98. The van der Waals surface area contributed by atoms with Gasteiger partial charge in [-0.1, -0.05) is 36.0 Å². The molecular weight excluding hydrogens is 264 g/mol. The van der Waals surface area contributed by atoms with E-state index in [-0.39, 0.29) is 0 Å². The van der Waals surface area contributed by atoms with Gasteiger partial charge >= 0.3 is 0 Å². The van der Waals surface area contributed by atoms with E-state index in [9.17, 15) is 8.78 Å². The van der Waals surface area contributed by atoms with E-state index in [0.29, 0.717) is 16.7 Å². The fraction of sp³-hybridized carbons (Fsp3) is 0.200. The Labute approximate surface area is 115 Å². The highest BCUT2D eigenvalue weighted by atomic mass is 32.2. The summed E-state index contributed by atoms with van der Waals surface area (Å²) in [5.41, 5.74) is 4.77. The lowest BCUT2D eigenvalue weighted by Crippen LogP contribution is -1.90. The van der Waals surface area contributed by atoms with Crippen molar-refractivity contribution >= 4 is 17.4 Å². The van der Waals surface area contributed by atoms with E-state index in [1.165, 1.54) is 16.8 Å². The predicted molar refractivity (Wildman–Crippen MR) is 75.9 cm³/mol. The lowest BCUT2D eigenvalue weighted by molar-refractivity contribution is 0.252. The average Bonchev–Trinajstić information content (AvgIpc) is 2.87. The van der Waals surface area contributed by atoms with E-state index in [1.54, 1.807) is 12.1 Å². The van der Waals surface area contributed by atoms with Gasteiger partial charge in [0.05, 0.1) is 0 Å². The third kappa shape index (κ3) is 2.59. The molecule has 98 valence electrons. The molecule has 3 rings (SSSR count). The number of benzene rings is 2. The van der Waals surface area contributed by atoms with Crippen molar-refractivity contribution in [2.45, 2.75) is 17.1 Å². The maximum Gasteiger partial charge on any atom is 0.288 e. The molecule has 1 nitrogen and oxygen atoms in total. The fourth-order valence-corrected chi connectivity index (χ4v) is 2.93. The molecule has 1 N–H and O–H groups in total. The molecule has 0 saturated heterocycles. The maximum absolute atomic E-state index is 12.3. The SMILES string of the molecule is FC(F)Sc1ccc(-c2cccc3c2CCN3)cc1. The third-order valence-electron chi connectivity index (χ3n) is 3.26. The summed E-state index contributed by atoms with van der Waals surface area (Å²) in [5.74, 6) is -2.36. The van der Waals surface area contributed by atoms with Crippen LogP contribution in [-0.2, 0) is 6.42 Å². The molecule has 0 saturated carbocycles. The molecule has 0 aromatic heterocycles. The Morgan fingerprint density at radius 3 is 2.58 bits per heavy atom. The summed E-state index contributed by atoms with van der Waals surface area (Å²) in [4.78, 5) is 0.601. The zero-order valence-electron chi connectivity index (χ0n) is 10.2. The summed E-state index contributed by atoms with van der Waals surface area (Å²) in [6.07, 6.45) is 1.01.